The van der Waals surface area contributed by atoms with E-state index >= 15 is 0 Å². The van der Waals surface area contributed by atoms with Gasteiger partial charge in [-0.25, -0.2) is 4.79 Å². The quantitative estimate of drug-likeness (QED) is 0.365. The number of hydrogen-bond donors (Lipinski definition) is 2. The molecule has 0 radical (unpaired) electrons. The lowest BCUT2D eigenvalue weighted by atomic mass is 9.69. The fraction of sp³-hybridized carbons (Fsp3) is 0.480. The van der Waals surface area contributed by atoms with Crippen LogP contribution in [0.4, 0.5) is 0 Å². The molecule has 0 spiro atoms. The smallest absolute Gasteiger partial charge is 0.336 e. The Kier molecular flexibility index (Phi) is 7.58. The van der Waals surface area contributed by atoms with E-state index in [4.69, 9.17) is 14.2 Å². The summed E-state index contributed by atoms with van der Waals surface area (Å²) in [6.45, 7) is 7.70. The van der Waals surface area contributed by atoms with Crippen LogP contribution in [0, 0.1) is 11.8 Å². The largest absolute Gasteiger partial charge is 0.508 e. The molecule has 33 heavy (non-hydrogen) atoms. The number of allylic oxidation sites excluding steroid dienone is 3. The number of Topliss-reactive ketones (excluding diaryl/α,β-unsaturated/α-hetero) is 1. The number of nitrogens with one attached hydrogen (secondary N) is 1. The van der Waals surface area contributed by atoms with Gasteiger partial charge >= 0.3 is 11.9 Å². The fourth-order valence-electron chi connectivity index (χ4n) is 4.45. The van der Waals surface area contributed by atoms with Crippen LogP contribution in [0.1, 0.15) is 45.6 Å². The molecule has 178 valence electrons. The molecule has 0 saturated heterocycles. The van der Waals surface area contributed by atoms with Crippen molar-refractivity contribution in [1.82, 2.24) is 5.32 Å². The molecule has 2 N–H and O–H groups in total. The van der Waals surface area contributed by atoms with Gasteiger partial charge in [0.05, 0.1) is 25.4 Å². The maximum atomic E-state index is 13.6. The third-order valence-electron chi connectivity index (χ3n) is 5.96. The van der Waals surface area contributed by atoms with Crippen LogP contribution < -0.4 is 5.32 Å². The minimum atomic E-state index is -0.953. The second kappa shape index (κ2) is 10.2. The summed E-state index contributed by atoms with van der Waals surface area (Å²) in [6, 6.07) is 6.33. The number of aromatic hydroxyl groups is 1. The summed E-state index contributed by atoms with van der Waals surface area (Å²) in [5, 5.41) is 13.0. The maximum Gasteiger partial charge on any atom is 0.336 e. The van der Waals surface area contributed by atoms with E-state index in [2.05, 4.69) is 5.32 Å². The third-order valence-corrected chi connectivity index (χ3v) is 5.96. The maximum absolute atomic E-state index is 13.6. The molecule has 0 bridgehead atoms. The average molecular weight is 458 g/mol. The number of ketones is 1. The number of carbonyl (C=O) groups excluding carboxylic acids is 3. The lowest BCUT2D eigenvalue weighted by molar-refractivity contribution is -0.151. The van der Waals surface area contributed by atoms with E-state index in [1.807, 2.05) is 20.8 Å². The van der Waals surface area contributed by atoms with Gasteiger partial charge in [0.25, 0.3) is 0 Å². The number of hydrogen-bond acceptors (Lipinski definition) is 8. The van der Waals surface area contributed by atoms with Crippen LogP contribution in [0.25, 0.3) is 0 Å². The Hall–Kier alpha value is -3.13. The zero-order chi connectivity index (χ0) is 24.3. The number of methoxy groups -OCH3 is 1. The monoisotopic (exact) mass is 457 g/mol. The minimum absolute atomic E-state index is 0.00978. The van der Waals surface area contributed by atoms with Gasteiger partial charge in [0.15, 0.2) is 5.78 Å². The first kappa shape index (κ1) is 24.5. The third kappa shape index (κ3) is 5.11. The zero-order valence-corrected chi connectivity index (χ0v) is 19.6. The first-order valence-corrected chi connectivity index (χ1v) is 11.1. The molecule has 0 unspecified atom stereocenters. The molecule has 1 heterocycles. The summed E-state index contributed by atoms with van der Waals surface area (Å²) in [4.78, 5) is 39.2. The van der Waals surface area contributed by atoms with Crippen molar-refractivity contribution in [3.8, 4) is 5.75 Å². The van der Waals surface area contributed by atoms with Crippen molar-refractivity contribution < 1.29 is 33.7 Å². The fourth-order valence-corrected chi connectivity index (χ4v) is 4.45. The van der Waals surface area contributed by atoms with Gasteiger partial charge < -0.3 is 24.6 Å². The number of benzene rings is 1. The van der Waals surface area contributed by atoms with Crippen molar-refractivity contribution in [2.75, 3.05) is 20.3 Å². The second-order valence-corrected chi connectivity index (χ2v) is 8.68. The highest BCUT2D eigenvalue weighted by Gasteiger charge is 2.47. The SMILES string of the molecule is COC(=O)[C@@H]1C(=O)C2=C(C[C@@H]1C)NC(C)=C(C(=O)OCCOC(C)C)[C@@H]2c1ccc(O)cc1. The summed E-state index contributed by atoms with van der Waals surface area (Å²) < 4.78 is 15.8. The van der Waals surface area contributed by atoms with Gasteiger partial charge in [-0.1, -0.05) is 19.1 Å². The molecule has 2 aliphatic rings. The molecule has 1 aromatic rings. The topological polar surface area (TPSA) is 111 Å². The van der Waals surface area contributed by atoms with E-state index in [1.54, 1.807) is 19.1 Å². The molecule has 3 rings (SSSR count). The van der Waals surface area contributed by atoms with Crippen LogP contribution in [-0.2, 0) is 28.6 Å². The highest BCUT2D eigenvalue weighted by atomic mass is 16.6. The van der Waals surface area contributed by atoms with Gasteiger partial charge in [0.1, 0.15) is 18.3 Å². The number of rotatable bonds is 7. The Labute approximate surface area is 193 Å². The summed E-state index contributed by atoms with van der Waals surface area (Å²) in [5.41, 5.74) is 2.54. The van der Waals surface area contributed by atoms with Crippen LogP contribution in [0.3, 0.4) is 0 Å². The van der Waals surface area contributed by atoms with Gasteiger partial charge in [0.2, 0.25) is 0 Å². The van der Waals surface area contributed by atoms with E-state index in [9.17, 15) is 19.5 Å². The van der Waals surface area contributed by atoms with Gasteiger partial charge in [0, 0.05) is 22.9 Å². The Morgan fingerprint density at radius 1 is 1.18 bits per heavy atom. The minimum Gasteiger partial charge on any atom is -0.508 e. The molecule has 3 atom stereocenters. The van der Waals surface area contributed by atoms with Crippen molar-refractivity contribution in [1.29, 1.82) is 0 Å². The van der Waals surface area contributed by atoms with Gasteiger partial charge in [-0.3, -0.25) is 9.59 Å². The summed E-state index contributed by atoms with van der Waals surface area (Å²) in [5.74, 6) is -3.43. The molecule has 1 aliphatic carbocycles. The molecule has 0 saturated carbocycles. The van der Waals surface area contributed by atoms with E-state index < -0.39 is 23.8 Å². The van der Waals surface area contributed by atoms with Crippen molar-refractivity contribution in [3.05, 3.63) is 52.4 Å². The van der Waals surface area contributed by atoms with Crippen LogP contribution in [0.2, 0.25) is 0 Å². The Morgan fingerprint density at radius 3 is 2.45 bits per heavy atom. The molecule has 1 aliphatic heterocycles. The lowest BCUT2D eigenvalue weighted by Crippen LogP contribution is -2.43. The molecule has 0 amide bonds. The van der Waals surface area contributed by atoms with Crippen LogP contribution in [-0.4, -0.2) is 49.3 Å². The van der Waals surface area contributed by atoms with Crippen LogP contribution in [0.15, 0.2) is 46.8 Å². The molecular formula is C25H31NO7. The molecule has 8 nitrogen and oxygen atoms in total. The van der Waals surface area contributed by atoms with Crippen molar-refractivity contribution in [2.24, 2.45) is 11.8 Å². The van der Waals surface area contributed by atoms with E-state index in [-0.39, 0.29) is 42.3 Å². The zero-order valence-electron chi connectivity index (χ0n) is 19.6. The molecular weight excluding hydrogens is 426 g/mol. The first-order chi connectivity index (χ1) is 15.6. The molecule has 0 fully saturated rings. The molecule has 8 heteroatoms. The predicted octanol–water partition coefficient (Wildman–Crippen LogP) is 2.97. The van der Waals surface area contributed by atoms with Crippen molar-refractivity contribution in [2.45, 2.75) is 46.1 Å². The molecule has 1 aromatic carbocycles. The lowest BCUT2D eigenvalue weighted by Gasteiger charge is -2.38. The standard InChI is InChI=1S/C25H31NO7/c1-13(2)32-10-11-33-25(30)20-15(4)26-18-12-14(3)19(24(29)31-5)23(28)22(18)21(20)16-6-8-17(27)9-7-16/h6-9,13-14,19,21,26-27H,10-12H2,1-5H3/t14-,19-,21-/m0/s1. The van der Waals surface area contributed by atoms with Gasteiger partial charge in [-0.05, 0) is 50.8 Å². The summed E-state index contributed by atoms with van der Waals surface area (Å²) >= 11 is 0. The van der Waals surface area contributed by atoms with Crippen molar-refractivity contribution in [3.63, 3.8) is 0 Å². The van der Waals surface area contributed by atoms with Crippen LogP contribution in [0.5, 0.6) is 5.75 Å². The number of phenolic OH excluding ortho intramolecular Hbond substituents is 1. The Balaban J connectivity index is 2.02. The van der Waals surface area contributed by atoms with E-state index in [0.717, 1.165) is 0 Å². The normalized spacial score (nSPS) is 22.7. The average Bonchev–Trinajstić information content (AvgIpc) is 2.75. The Bertz CT molecular complexity index is 991. The number of carbonyl (C=O) groups is 3. The summed E-state index contributed by atoms with van der Waals surface area (Å²) in [6.07, 6.45) is 0.465. The predicted molar refractivity (Wildman–Crippen MR) is 120 cm³/mol. The first-order valence-electron chi connectivity index (χ1n) is 11.1. The highest BCUT2D eigenvalue weighted by Crippen LogP contribution is 2.45. The number of phenols is 1. The molecule has 0 aromatic heterocycles. The van der Waals surface area contributed by atoms with E-state index in [1.165, 1.54) is 19.2 Å². The summed E-state index contributed by atoms with van der Waals surface area (Å²) in [7, 11) is 1.26. The van der Waals surface area contributed by atoms with Gasteiger partial charge in [-0.2, -0.15) is 0 Å². The number of dihydropyridines is 1. The number of esters is 2. The van der Waals surface area contributed by atoms with Crippen LogP contribution >= 0.6 is 0 Å². The van der Waals surface area contributed by atoms with E-state index in [0.29, 0.717) is 29.0 Å². The highest BCUT2D eigenvalue weighted by molar-refractivity contribution is 6.12. The van der Waals surface area contributed by atoms with Gasteiger partial charge in [-0.15, -0.1) is 0 Å². The second-order valence-electron chi connectivity index (χ2n) is 8.68. The number of ether oxygens (including phenoxy) is 3. The Morgan fingerprint density at radius 2 is 1.85 bits per heavy atom. The van der Waals surface area contributed by atoms with Crippen molar-refractivity contribution >= 4 is 17.7 Å².